The molecule has 2 aliphatic rings. The van der Waals surface area contributed by atoms with Crippen molar-refractivity contribution in [1.29, 1.82) is 0 Å². The number of aryl methyl sites for hydroxylation is 2. The van der Waals surface area contributed by atoms with Crippen molar-refractivity contribution >= 4 is 12.1 Å². The monoisotopic (exact) mass is 457 g/mol. The fourth-order valence-corrected chi connectivity index (χ4v) is 4.59. The number of amides is 1. The smallest absolute Gasteiger partial charge is 0.407 e. The van der Waals surface area contributed by atoms with E-state index >= 15 is 0 Å². The van der Waals surface area contributed by atoms with Crippen LogP contribution in [0.3, 0.4) is 0 Å². The van der Waals surface area contributed by atoms with E-state index in [9.17, 15) is 14.7 Å². The first-order valence-corrected chi connectivity index (χ1v) is 11.6. The molecule has 2 saturated carbocycles. The van der Waals surface area contributed by atoms with Crippen LogP contribution >= 0.6 is 0 Å². The van der Waals surface area contributed by atoms with Gasteiger partial charge in [0.25, 0.3) is 0 Å². The molecular weight excluding hydrogens is 426 g/mol. The van der Waals surface area contributed by atoms with Crippen LogP contribution < -0.4 is 10.1 Å². The third-order valence-corrected chi connectivity index (χ3v) is 6.47. The Morgan fingerprint density at radius 3 is 2.64 bits per heavy atom. The lowest BCUT2D eigenvalue weighted by molar-refractivity contribution is -0.143. The molecule has 0 saturated heterocycles. The lowest BCUT2D eigenvalue weighted by atomic mass is 9.87. The highest BCUT2D eigenvalue weighted by molar-refractivity contribution is 5.70. The molecular formula is C23H31N5O5. The number of nitrogens with one attached hydrogen (secondary N) is 1. The third kappa shape index (κ3) is 5.61. The number of carbonyl (C=O) groups is 2. The van der Waals surface area contributed by atoms with Crippen molar-refractivity contribution in [3.63, 3.8) is 0 Å². The second-order valence-electron chi connectivity index (χ2n) is 8.90. The molecule has 2 heterocycles. The number of hydrogen-bond acceptors (Lipinski definition) is 7. The Bertz CT molecular complexity index is 1000. The quantitative estimate of drug-likeness (QED) is 0.647. The van der Waals surface area contributed by atoms with Crippen LogP contribution in [0, 0.1) is 12.8 Å². The van der Waals surface area contributed by atoms with E-state index in [1.807, 2.05) is 19.1 Å². The second kappa shape index (κ2) is 10.2. The predicted octanol–water partition coefficient (Wildman–Crippen LogP) is 3.38. The van der Waals surface area contributed by atoms with Crippen molar-refractivity contribution in [1.82, 2.24) is 25.3 Å². The average Bonchev–Trinajstić information content (AvgIpc) is 3.43. The summed E-state index contributed by atoms with van der Waals surface area (Å²) in [6, 6.07) is 3.65. The largest absolute Gasteiger partial charge is 0.489 e. The molecule has 0 aromatic carbocycles. The number of alkyl carbamates (subject to hydrolysis) is 1. The standard InChI is InChI=1S/C23H31N5O5/c1-14-20(32-17-9-5-6-15(12-17)22(29)30)11-10-18(25-14)21-19(28(2)27-26-21)13-24-23(31)33-16-7-3-4-8-16/h10-11,15-17H,3-9,12-13H2,1-2H3,(H,24,31)(H,29,30)/t15?,17-/m0/s1. The summed E-state index contributed by atoms with van der Waals surface area (Å²) in [5.41, 5.74) is 2.61. The number of aliphatic carboxylic acids is 1. The third-order valence-electron chi connectivity index (χ3n) is 6.47. The summed E-state index contributed by atoms with van der Waals surface area (Å²) < 4.78 is 13.2. The van der Waals surface area contributed by atoms with Gasteiger partial charge in [0.1, 0.15) is 17.5 Å². The van der Waals surface area contributed by atoms with Crippen LogP contribution in [0.4, 0.5) is 4.79 Å². The van der Waals surface area contributed by atoms with E-state index in [4.69, 9.17) is 9.47 Å². The molecule has 4 rings (SSSR count). The molecule has 2 aromatic heterocycles. The van der Waals surface area contributed by atoms with E-state index in [1.165, 1.54) is 0 Å². The maximum Gasteiger partial charge on any atom is 0.407 e. The summed E-state index contributed by atoms with van der Waals surface area (Å²) in [4.78, 5) is 28.1. The number of carboxylic acid groups (broad SMARTS) is 1. The molecule has 2 aromatic rings. The van der Waals surface area contributed by atoms with Crippen molar-refractivity contribution in [2.24, 2.45) is 13.0 Å². The Hall–Kier alpha value is -3.17. The van der Waals surface area contributed by atoms with Gasteiger partial charge in [0, 0.05) is 7.05 Å². The van der Waals surface area contributed by atoms with Crippen molar-refractivity contribution in [2.45, 2.75) is 77.0 Å². The first kappa shape index (κ1) is 23.0. The fourth-order valence-electron chi connectivity index (χ4n) is 4.59. The topological polar surface area (TPSA) is 128 Å². The zero-order valence-electron chi connectivity index (χ0n) is 19.1. The van der Waals surface area contributed by atoms with Gasteiger partial charge < -0.3 is 19.9 Å². The fraction of sp³-hybridized carbons (Fsp3) is 0.609. The molecule has 0 aliphatic heterocycles. The lowest BCUT2D eigenvalue weighted by Gasteiger charge is -2.27. The molecule has 2 atom stereocenters. The van der Waals surface area contributed by atoms with Crippen LogP contribution in [0.5, 0.6) is 5.75 Å². The SMILES string of the molecule is Cc1nc(-c2nnn(C)c2CNC(=O)OC2CCCC2)ccc1O[C@H]1CCCC(C(=O)O)C1. The molecule has 33 heavy (non-hydrogen) atoms. The van der Waals surface area contributed by atoms with E-state index in [0.29, 0.717) is 35.7 Å². The molecule has 10 nitrogen and oxygen atoms in total. The van der Waals surface area contributed by atoms with Crippen LogP contribution in [0.1, 0.15) is 62.8 Å². The van der Waals surface area contributed by atoms with Gasteiger partial charge in [-0.1, -0.05) is 5.21 Å². The second-order valence-corrected chi connectivity index (χ2v) is 8.90. The van der Waals surface area contributed by atoms with Gasteiger partial charge in [0.2, 0.25) is 0 Å². The van der Waals surface area contributed by atoms with Gasteiger partial charge in [0.05, 0.1) is 35.6 Å². The van der Waals surface area contributed by atoms with Gasteiger partial charge in [-0.15, -0.1) is 5.10 Å². The van der Waals surface area contributed by atoms with Crippen LogP contribution in [-0.4, -0.2) is 49.4 Å². The Labute approximate surface area is 192 Å². The number of pyridine rings is 1. The van der Waals surface area contributed by atoms with Crippen molar-refractivity contribution in [3.05, 3.63) is 23.5 Å². The number of aromatic nitrogens is 4. The summed E-state index contributed by atoms with van der Waals surface area (Å²) >= 11 is 0. The summed E-state index contributed by atoms with van der Waals surface area (Å²) in [6.45, 7) is 2.08. The summed E-state index contributed by atoms with van der Waals surface area (Å²) in [5, 5.41) is 20.4. The Kier molecular flexibility index (Phi) is 7.10. The maximum absolute atomic E-state index is 12.2. The van der Waals surface area contributed by atoms with E-state index in [0.717, 1.165) is 44.2 Å². The highest BCUT2D eigenvalue weighted by Crippen LogP contribution is 2.30. The van der Waals surface area contributed by atoms with Crippen LogP contribution in [-0.2, 0) is 23.1 Å². The number of hydrogen-bond donors (Lipinski definition) is 2. The highest BCUT2D eigenvalue weighted by atomic mass is 16.6. The van der Waals surface area contributed by atoms with E-state index in [1.54, 1.807) is 11.7 Å². The molecule has 1 unspecified atom stereocenters. The van der Waals surface area contributed by atoms with Crippen LogP contribution in [0.2, 0.25) is 0 Å². The molecule has 2 fully saturated rings. The molecule has 178 valence electrons. The Morgan fingerprint density at radius 2 is 1.91 bits per heavy atom. The number of nitrogens with zero attached hydrogens (tertiary/aromatic N) is 4. The molecule has 0 radical (unpaired) electrons. The van der Waals surface area contributed by atoms with Crippen LogP contribution in [0.25, 0.3) is 11.4 Å². The first-order valence-electron chi connectivity index (χ1n) is 11.6. The first-order chi connectivity index (χ1) is 15.9. The molecule has 0 bridgehead atoms. The number of rotatable bonds is 7. The minimum absolute atomic E-state index is 0.000866. The molecule has 2 aliphatic carbocycles. The Balaban J connectivity index is 1.41. The van der Waals surface area contributed by atoms with Gasteiger partial charge >= 0.3 is 12.1 Å². The van der Waals surface area contributed by atoms with E-state index < -0.39 is 12.1 Å². The zero-order chi connectivity index (χ0) is 23.4. The van der Waals surface area contributed by atoms with Gasteiger partial charge in [0.15, 0.2) is 0 Å². The summed E-state index contributed by atoms with van der Waals surface area (Å²) in [7, 11) is 1.77. The molecule has 1 amide bonds. The maximum atomic E-state index is 12.2. The van der Waals surface area contributed by atoms with Crippen LogP contribution in [0.15, 0.2) is 12.1 Å². The van der Waals surface area contributed by atoms with Crippen molar-refractivity contribution < 1.29 is 24.2 Å². The van der Waals surface area contributed by atoms with Crippen molar-refractivity contribution in [2.75, 3.05) is 0 Å². The number of carbonyl (C=O) groups excluding carboxylic acids is 1. The van der Waals surface area contributed by atoms with Gasteiger partial charge in [-0.2, -0.15) is 0 Å². The van der Waals surface area contributed by atoms with Gasteiger partial charge in [-0.05, 0) is 70.4 Å². The molecule has 10 heteroatoms. The number of ether oxygens (including phenoxy) is 2. The normalized spacial score (nSPS) is 21.0. The Morgan fingerprint density at radius 1 is 1.15 bits per heavy atom. The zero-order valence-corrected chi connectivity index (χ0v) is 19.1. The van der Waals surface area contributed by atoms with E-state index in [-0.39, 0.29) is 24.7 Å². The van der Waals surface area contributed by atoms with Gasteiger partial charge in [-0.3, -0.25) is 4.79 Å². The molecule has 0 spiro atoms. The van der Waals surface area contributed by atoms with Gasteiger partial charge in [-0.25, -0.2) is 14.5 Å². The number of carboxylic acids is 1. The minimum atomic E-state index is -0.760. The molecule has 2 N–H and O–H groups in total. The predicted molar refractivity (Wildman–Crippen MR) is 119 cm³/mol. The minimum Gasteiger partial charge on any atom is -0.489 e. The van der Waals surface area contributed by atoms with Crippen molar-refractivity contribution in [3.8, 4) is 17.1 Å². The lowest BCUT2D eigenvalue weighted by Crippen LogP contribution is -2.29. The summed E-state index contributed by atoms with van der Waals surface area (Å²) in [5.74, 6) is -0.478. The average molecular weight is 458 g/mol. The van der Waals surface area contributed by atoms with E-state index in [2.05, 4.69) is 20.6 Å². The highest BCUT2D eigenvalue weighted by Gasteiger charge is 2.28. The summed E-state index contributed by atoms with van der Waals surface area (Å²) in [6.07, 6.45) is 6.34.